The highest BCUT2D eigenvalue weighted by Gasteiger charge is 2.26. The minimum absolute atomic E-state index is 0.219. The van der Waals surface area contributed by atoms with Crippen molar-refractivity contribution >= 4 is 17.2 Å². The van der Waals surface area contributed by atoms with Crippen LogP contribution in [0.15, 0.2) is 48.8 Å². The summed E-state index contributed by atoms with van der Waals surface area (Å²) in [5, 5.41) is 15.7. The van der Waals surface area contributed by atoms with Crippen molar-refractivity contribution in [2.24, 2.45) is 0 Å². The third-order valence-electron chi connectivity index (χ3n) is 4.70. The molecule has 1 aliphatic carbocycles. The van der Waals surface area contributed by atoms with Gasteiger partial charge >= 0.3 is 0 Å². The number of amides is 1. The van der Waals surface area contributed by atoms with E-state index in [4.69, 9.17) is 0 Å². The molecule has 0 unspecified atom stereocenters. The highest BCUT2D eigenvalue weighted by atomic mass is 16.1. The molecule has 0 spiro atoms. The van der Waals surface area contributed by atoms with Gasteiger partial charge in [0.15, 0.2) is 0 Å². The molecule has 3 heterocycles. The Balaban J connectivity index is 1.44. The van der Waals surface area contributed by atoms with Gasteiger partial charge in [-0.15, -0.1) is 10.2 Å². The summed E-state index contributed by atoms with van der Waals surface area (Å²) in [6.45, 7) is 1.95. The molecule has 1 aromatic carbocycles. The Hall–Kier alpha value is -3.55. The van der Waals surface area contributed by atoms with Gasteiger partial charge in [-0.1, -0.05) is 18.2 Å². The number of carbonyl (C=O) groups excluding carboxylic acids is 1. The van der Waals surface area contributed by atoms with E-state index in [1.165, 1.54) is 0 Å². The maximum atomic E-state index is 12.8. The zero-order valence-electron chi connectivity index (χ0n) is 14.7. The summed E-state index contributed by atoms with van der Waals surface area (Å²) in [5.41, 5.74) is 3.70. The number of rotatable bonds is 4. The smallest absolute Gasteiger partial charge is 0.274 e. The summed E-state index contributed by atoms with van der Waals surface area (Å²) >= 11 is 0. The second-order valence-electron chi connectivity index (χ2n) is 6.72. The normalized spacial score (nSPS) is 13.8. The first kappa shape index (κ1) is 15.7. The van der Waals surface area contributed by atoms with Gasteiger partial charge in [0.25, 0.3) is 5.91 Å². The maximum Gasteiger partial charge on any atom is 0.274 e. The fourth-order valence-electron chi connectivity index (χ4n) is 2.98. The Kier molecular flexibility index (Phi) is 3.49. The zero-order valence-corrected chi connectivity index (χ0v) is 14.7. The molecule has 134 valence electrons. The predicted octanol–water partition coefficient (Wildman–Crippen LogP) is 2.88. The highest BCUT2D eigenvalue weighted by molar-refractivity contribution is 6.04. The number of tetrazole rings is 1. The fraction of sp³-hybridized carbons (Fsp3) is 0.211. The zero-order chi connectivity index (χ0) is 18.4. The van der Waals surface area contributed by atoms with Gasteiger partial charge in [-0.25, -0.2) is 4.98 Å². The van der Waals surface area contributed by atoms with Crippen molar-refractivity contribution in [1.29, 1.82) is 0 Å². The lowest BCUT2D eigenvalue weighted by Crippen LogP contribution is -2.15. The van der Waals surface area contributed by atoms with E-state index in [1.54, 1.807) is 15.4 Å². The molecule has 8 nitrogen and oxygen atoms in total. The van der Waals surface area contributed by atoms with Gasteiger partial charge in [0, 0.05) is 17.4 Å². The molecule has 5 rings (SSSR count). The first-order valence-corrected chi connectivity index (χ1v) is 8.83. The quantitative estimate of drug-likeness (QED) is 0.605. The van der Waals surface area contributed by atoms with Gasteiger partial charge in [0.05, 0.1) is 12.2 Å². The van der Waals surface area contributed by atoms with E-state index in [9.17, 15) is 4.79 Å². The molecule has 3 aromatic heterocycles. The number of aromatic nitrogens is 6. The van der Waals surface area contributed by atoms with Gasteiger partial charge in [0.1, 0.15) is 11.3 Å². The second-order valence-corrected chi connectivity index (χ2v) is 6.72. The molecular weight excluding hydrogens is 342 g/mol. The number of aryl methyl sites for hydroxylation is 1. The first-order chi connectivity index (χ1) is 13.2. The van der Waals surface area contributed by atoms with Crippen LogP contribution < -0.4 is 5.32 Å². The molecule has 1 saturated carbocycles. The SMILES string of the molecule is Cc1ccc(-c2nnn(C3CC3)n2)cc1NC(=O)c1cnc2ccccn12. The van der Waals surface area contributed by atoms with Crippen LogP contribution in [-0.4, -0.2) is 35.5 Å². The maximum absolute atomic E-state index is 12.8. The number of benzene rings is 1. The number of nitrogens with zero attached hydrogens (tertiary/aromatic N) is 6. The molecule has 1 N–H and O–H groups in total. The monoisotopic (exact) mass is 359 g/mol. The van der Waals surface area contributed by atoms with Crippen LogP contribution in [0.25, 0.3) is 17.0 Å². The number of hydrogen-bond donors (Lipinski definition) is 1. The standard InChI is InChI=1S/C19H17N7O/c1-12-5-6-13(18-22-24-26(23-18)14-7-8-14)10-15(12)21-19(27)16-11-20-17-4-2-3-9-25(16)17/h2-6,9-11,14H,7-8H2,1H3,(H,21,27). The van der Waals surface area contributed by atoms with Crippen molar-refractivity contribution in [3.8, 4) is 11.4 Å². The van der Waals surface area contributed by atoms with Crippen molar-refractivity contribution in [3.05, 3.63) is 60.0 Å². The number of pyridine rings is 1. The Morgan fingerprint density at radius 2 is 2.11 bits per heavy atom. The van der Waals surface area contributed by atoms with E-state index in [1.807, 2.05) is 49.5 Å². The highest BCUT2D eigenvalue weighted by Crippen LogP contribution is 2.33. The number of fused-ring (bicyclic) bond motifs is 1. The van der Waals surface area contributed by atoms with E-state index in [-0.39, 0.29) is 5.91 Å². The largest absolute Gasteiger partial charge is 0.320 e. The molecule has 8 heteroatoms. The summed E-state index contributed by atoms with van der Waals surface area (Å²) in [5.74, 6) is 0.343. The van der Waals surface area contributed by atoms with Crippen LogP contribution in [0.2, 0.25) is 0 Å². The molecule has 1 fully saturated rings. The predicted molar refractivity (Wildman–Crippen MR) is 99.4 cm³/mol. The van der Waals surface area contributed by atoms with Crippen molar-refractivity contribution in [1.82, 2.24) is 29.6 Å². The van der Waals surface area contributed by atoms with Crippen LogP contribution in [-0.2, 0) is 0 Å². The molecule has 0 radical (unpaired) electrons. The third kappa shape index (κ3) is 2.84. The Morgan fingerprint density at radius 3 is 2.96 bits per heavy atom. The second kappa shape index (κ2) is 6.01. The summed E-state index contributed by atoms with van der Waals surface area (Å²) in [6, 6.07) is 11.8. The summed E-state index contributed by atoms with van der Waals surface area (Å²) in [6.07, 6.45) is 5.60. The molecule has 0 bridgehead atoms. The number of carbonyl (C=O) groups is 1. The van der Waals surface area contributed by atoms with E-state index < -0.39 is 0 Å². The number of imidazole rings is 1. The van der Waals surface area contributed by atoms with E-state index >= 15 is 0 Å². The minimum Gasteiger partial charge on any atom is -0.320 e. The van der Waals surface area contributed by atoms with Crippen LogP contribution in [0.5, 0.6) is 0 Å². The van der Waals surface area contributed by atoms with E-state index in [0.717, 1.165) is 29.6 Å². The molecule has 1 amide bonds. The van der Waals surface area contributed by atoms with E-state index in [2.05, 4.69) is 25.7 Å². The Labute approximate surface area is 154 Å². The van der Waals surface area contributed by atoms with Crippen LogP contribution in [0.3, 0.4) is 0 Å². The average molecular weight is 359 g/mol. The lowest BCUT2D eigenvalue weighted by atomic mass is 10.1. The molecule has 4 aromatic rings. The summed E-state index contributed by atoms with van der Waals surface area (Å²) in [4.78, 5) is 18.7. The van der Waals surface area contributed by atoms with Crippen molar-refractivity contribution in [3.63, 3.8) is 0 Å². The van der Waals surface area contributed by atoms with Gasteiger partial charge in [-0.3, -0.25) is 9.20 Å². The van der Waals surface area contributed by atoms with Gasteiger partial charge < -0.3 is 5.32 Å². The lowest BCUT2D eigenvalue weighted by Gasteiger charge is -2.09. The molecule has 1 aliphatic rings. The van der Waals surface area contributed by atoms with Gasteiger partial charge in [-0.2, -0.15) is 4.80 Å². The van der Waals surface area contributed by atoms with Gasteiger partial charge in [0.2, 0.25) is 5.82 Å². The topological polar surface area (TPSA) is 90.0 Å². The van der Waals surface area contributed by atoms with Crippen LogP contribution >= 0.6 is 0 Å². The van der Waals surface area contributed by atoms with E-state index in [0.29, 0.717) is 23.2 Å². The average Bonchev–Trinajstić information content (AvgIpc) is 3.25. The van der Waals surface area contributed by atoms with Gasteiger partial charge in [-0.05, 0) is 48.7 Å². The van der Waals surface area contributed by atoms with Crippen LogP contribution in [0, 0.1) is 6.92 Å². The fourth-order valence-corrected chi connectivity index (χ4v) is 2.98. The first-order valence-electron chi connectivity index (χ1n) is 8.83. The molecule has 27 heavy (non-hydrogen) atoms. The molecular formula is C19H17N7O. The Morgan fingerprint density at radius 1 is 1.22 bits per heavy atom. The summed E-state index contributed by atoms with van der Waals surface area (Å²) < 4.78 is 1.76. The van der Waals surface area contributed by atoms with Crippen LogP contribution in [0.1, 0.15) is 34.9 Å². The number of nitrogens with one attached hydrogen (secondary N) is 1. The Bertz CT molecular complexity index is 1160. The molecule has 0 aliphatic heterocycles. The van der Waals surface area contributed by atoms with Crippen LogP contribution in [0.4, 0.5) is 5.69 Å². The number of anilines is 1. The molecule has 0 saturated heterocycles. The molecule has 0 atom stereocenters. The minimum atomic E-state index is -0.219. The lowest BCUT2D eigenvalue weighted by molar-refractivity contribution is 0.102. The third-order valence-corrected chi connectivity index (χ3v) is 4.70. The van der Waals surface area contributed by atoms with Crippen molar-refractivity contribution < 1.29 is 4.79 Å². The summed E-state index contributed by atoms with van der Waals surface area (Å²) in [7, 11) is 0. The van der Waals surface area contributed by atoms with Crippen molar-refractivity contribution in [2.75, 3.05) is 5.32 Å². The number of hydrogen-bond acceptors (Lipinski definition) is 5. The van der Waals surface area contributed by atoms with Crippen molar-refractivity contribution in [2.45, 2.75) is 25.8 Å².